The van der Waals surface area contributed by atoms with E-state index in [9.17, 15) is 9.90 Å². The van der Waals surface area contributed by atoms with Gasteiger partial charge in [-0.05, 0) is 40.6 Å². The molecule has 0 amide bonds. The average Bonchev–Trinajstić information content (AvgIpc) is 3.00. The number of nitrogens with zero attached hydrogens (tertiary/aromatic N) is 1. The fourth-order valence-electron chi connectivity index (χ4n) is 3.33. The van der Waals surface area contributed by atoms with Crippen molar-refractivity contribution < 1.29 is 9.90 Å². The monoisotopic (exact) mass is 364 g/mol. The summed E-state index contributed by atoms with van der Waals surface area (Å²) in [6.45, 7) is 0. The molecule has 2 N–H and O–H groups in total. The second kappa shape index (κ2) is 6.81. The molecule has 0 saturated heterocycles. The van der Waals surface area contributed by atoms with Crippen molar-refractivity contribution in [2.24, 2.45) is 0 Å². The molecule has 26 heavy (non-hydrogen) atoms. The third kappa shape index (κ3) is 3.41. The zero-order chi connectivity index (χ0) is 18.1. The number of imidazole rings is 1. The third-order valence-electron chi connectivity index (χ3n) is 4.60. The summed E-state index contributed by atoms with van der Waals surface area (Å²) in [6, 6.07) is 19.6. The van der Waals surface area contributed by atoms with Crippen LogP contribution in [0.4, 0.5) is 0 Å². The minimum atomic E-state index is -0.827. The molecule has 3 aromatic carbocycles. The van der Waals surface area contributed by atoms with Crippen LogP contribution < -0.4 is 0 Å². The van der Waals surface area contributed by atoms with Gasteiger partial charge in [0.15, 0.2) is 0 Å². The van der Waals surface area contributed by atoms with E-state index in [0.717, 1.165) is 33.2 Å². The van der Waals surface area contributed by atoms with E-state index in [1.165, 1.54) is 0 Å². The van der Waals surface area contributed by atoms with Gasteiger partial charge in [0.2, 0.25) is 0 Å². The Morgan fingerprint density at radius 2 is 1.77 bits per heavy atom. The quantitative estimate of drug-likeness (QED) is 0.513. The van der Waals surface area contributed by atoms with Crippen LogP contribution in [0, 0.1) is 0 Å². The van der Waals surface area contributed by atoms with E-state index in [1.807, 2.05) is 24.3 Å². The topological polar surface area (TPSA) is 66.0 Å². The molecule has 4 rings (SSSR count). The number of carbonyl (C=O) groups is 1. The number of aromatic amines is 1. The van der Waals surface area contributed by atoms with Gasteiger partial charge in [-0.25, -0.2) is 4.98 Å². The third-order valence-corrected chi connectivity index (χ3v) is 4.85. The number of fused-ring (bicyclic) bond motifs is 2. The summed E-state index contributed by atoms with van der Waals surface area (Å²) < 4.78 is 0. The fourth-order valence-corrected chi connectivity index (χ4v) is 3.46. The smallest absolute Gasteiger partial charge is 0.303 e. The number of carboxylic acids is 1. The molecule has 1 heterocycles. The lowest BCUT2D eigenvalue weighted by atomic mass is 9.92. The minimum Gasteiger partial charge on any atom is -0.481 e. The Bertz CT molecular complexity index is 1030. The Hall–Kier alpha value is -2.85. The lowest BCUT2D eigenvalue weighted by molar-refractivity contribution is -0.137. The lowest BCUT2D eigenvalue weighted by Crippen LogP contribution is -2.10. The van der Waals surface area contributed by atoms with Crippen molar-refractivity contribution >= 4 is 39.4 Å². The van der Waals surface area contributed by atoms with Crippen LogP contribution in [0.5, 0.6) is 0 Å². The largest absolute Gasteiger partial charge is 0.481 e. The van der Waals surface area contributed by atoms with E-state index in [1.54, 1.807) is 12.1 Å². The van der Waals surface area contributed by atoms with E-state index >= 15 is 0 Å². The van der Waals surface area contributed by atoms with E-state index in [0.29, 0.717) is 11.4 Å². The van der Waals surface area contributed by atoms with Crippen LogP contribution in [-0.4, -0.2) is 21.0 Å². The molecule has 0 radical (unpaired) electrons. The van der Waals surface area contributed by atoms with Crippen LogP contribution >= 0.6 is 11.6 Å². The molecule has 130 valence electrons. The highest BCUT2D eigenvalue weighted by molar-refractivity contribution is 6.30. The van der Waals surface area contributed by atoms with Gasteiger partial charge in [-0.1, -0.05) is 48.0 Å². The van der Waals surface area contributed by atoms with E-state index in [-0.39, 0.29) is 12.3 Å². The summed E-state index contributed by atoms with van der Waals surface area (Å²) >= 11 is 5.95. The number of nitrogens with one attached hydrogen (secondary N) is 1. The highest BCUT2D eigenvalue weighted by Gasteiger charge is 2.18. The number of aliphatic carboxylic acids is 1. The molecular formula is C21H17ClN2O2. The molecule has 1 aromatic heterocycles. The van der Waals surface area contributed by atoms with Crippen molar-refractivity contribution in [3.05, 3.63) is 77.1 Å². The Balaban J connectivity index is 1.69. The molecular weight excluding hydrogens is 348 g/mol. The number of aromatic nitrogens is 2. The molecule has 0 saturated carbocycles. The Labute approximate surface area is 155 Å². The molecule has 1 atom stereocenters. The number of rotatable bonds is 5. The maximum Gasteiger partial charge on any atom is 0.303 e. The normalized spacial score (nSPS) is 12.5. The first-order chi connectivity index (χ1) is 12.6. The Morgan fingerprint density at radius 1 is 1.08 bits per heavy atom. The molecule has 0 aliphatic carbocycles. The highest BCUT2D eigenvalue weighted by Crippen LogP contribution is 2.27. The van der Waals surface area contributed by atoms with Crippen molar-refractivity contribution in [1.29, 1.82) is 0 Å². The van der Waals surface area contributed by atoms with Gasteiger partial charge in [0.05, 0.1) is 17.5 Å². The van der Waals surface area contributed by atoms with Gasteiger partial charge in [-0.3, -0.25) is 4.79 Å². The summed E-state index contributed by atoms with van der Waals surface area (Å²) in [5.74, 6) is -0.206. The molecule has 1 unspecified atom stereocenters. The number of H-pyrrole nitrogens is 1. The van der Waals surface area contributed by atoms with Crippen LogP contribution in [0.1, 0.15) is 23.7 Å². The first-order valence-corrected chi connectivity index (χ1v) is 8.81. The molecule has 0 aliphatic heterocycles. The van der Waals surface area contributed by atoms with Gasteiger partial charge in [0.25, 0.3) is 0 Å². The lowest BCUT2D eigenvalue weighted by Gasteiger charge is -2.14. The summed E-state index contributed by atoms with van der Waals surface area (Å²) in [7, 11) is 0. The molecule has 0 spiro atoms. The molecule has 4 aromatic rings. The predicted octanol–water partition coefficient (Wildman–Crippen LogP) is 5.17. The van der Waals surface area contributed by atoms with Crippen LogP contribution in [0.3, 0.4) is 0 Å². The molecule has 0 aliphatic rings. The first-order valence-electron chi connectivity index (χ1n) is 8.43. The van der Waals surface area contributed by atoms with Gasteiger partial charge in [0, 0.05) is 17.4 Å². The molecule has 0 bridgehead atoms. The highest BCUT2D eigenvalue weighted by atomic mass is 35.5. The summed E-state index contributed by atoms with van der Waals surface area (Å²) in [5, 5.41) is 12.2. The van der Waals surface area contributed by atoms with Crippen molar-refractivity contribution in [1.82, 2.24) is 9.97 Å². The summed E-state index contributed by atoms with van der Waals surface area (Å²) in [6.07, 6.45) is 0.569. The zero-order valence-electron chi connectivity index (χ0n) is 13.9. The number of benzene rings is 3. The standard InChI is InChI=1S/C21H17ClN2O2/c22-17-7-5-13(6-8-17)16(12-21(25)26)11-20-23-18-9-14-3-1-2-4-15(14)10-19(18)24-20/h1-10,16H,11-12H2,(H,23,24)(H,25,26). The predicted molar refractivity (Wildman–Crippen MR) is 104 cm³/mol. The number of hydrogen-bond acceptors (Lipinski definition) is 2. The van der Waals surface area contributed by atoms with Gasteiger partial charge in [-0.2, -0.15) is 0 Å². The van der Waals surface area contributed by atoms with Crippen LogP contribution in [-0.2, 0) is 11.2 Å². The van der Waals surface area contributed by atoms with Gasteiger partial charge < -0.3 is 10.1 Å². The van der Waals surface area contributed by atoms with Crippen molar-refractivity contribution in [2.75, 3.05) is 0 Å². The summed E-state index contributed by atoms with van der Waals surface area (Å²) in [5.41, 5.74) is 2.80. The minimum absolute atomic E-state index is 0.0423. The molecule has 4 nitrogen and oxygen atoms in total. The van der Waals surface area contributed by atoms with E-state index in [4.69, 9.17) is 11.6 Å². The van der Waals surface area contributed by atoms with E-state index < -0.39 is 5.97 Å². The van der Waals surface area contributed by atoms with Crippen molar-refractivity contribution in [3.63, 3.8) is 0 Å². The first kappa shape index (κ1) is 16.6. The fraction of sp³-hybridized carbons (Fsp3) is 0.143. The Morgan fingerprint density at radius 3 is 2.46 bits per heavy atom. The zero-order valence-corrected chi connectivity index (χ0v) is 14.7. The second-order valence-corrected chi connectivity index (χ2v) is 6.89. The van der Waals surface area contributed by atoms with Gasteiger partial charge in [-0.15, -0.1) is 0 Å². The van der Waals surface area contributed by atoms with Crippen molar-refractivity contribution in [3.8, 4) is 0 Å². The second-order valence-electron chi connectivity index (χ2n) is 6.45. The number of halogens is 1. The maximum absolute atomic E-state index is 11.3. The number of carboxylic acid groups (broad SMARTS) is 1. The Kier molecular flexibility index (Phi) is 4.35. The molecule has 0 fully saturated rings. The SMILES string of the molecule is O=C(O)CC(Cc1nc2cc3ccccc3cc2[nH]1)c1ccc(Cl)cc1. The van der Waals surface area contributed by atoms with Gasteiger partial charge >= 0.3 is 5.97 Å². The number of hydrogen-bond donors (Lipinski definition) is 2. The van der Waals surface area contributed by atoms with E-state index in [2.05, 4.69) is 34.2 Å². The van der Waals surface area contributed by atoms with Crippen LogP contribution in [0.15, 0.2) is 60.7 Å². The molecule has 5 heteroatoms. The summed E-state index contributed by atoms with van der Waals surface area (Å²) in [4.78, 5) is 19.3. The maximum atomic E-state index is 11.3. The van der Waals surface area contributed by atoms with Crippen LogP contribution in [0.25, 0.3) is 21.8 Å². The van der Waals surface area contributed by atoms with Crippen molar-refractivity contribution in [2.45, 2.75) is 18.8 Å². The average molecular weight is 365 g/mol. The van der Waals surface area contributed by atoms with Gasteiger partial charge in [0.1, 0.15) is 5.82 Å². The van der Waals surface area contributed by atoms with Crippen LogP contribution in [0.2, 0.25) is 5.02 Å².